The summed E-state index contributed by atoms with van der Waals surface area (Å²) in [6.07, 6.45) is 2.07. The molecule has 2 heterocycles. The molecule has 4 rings (SSSR count). The van der Waals surface area contributed by atoms with Gasteiger partial charge in [0.25, 0.3) is 5.91 Å². The van der Waals surface area contributed by atoms with Gasteiger partial charge in [0, 0.05) is 12.1 Å². The number of nitrogens with one attached hydrogen (secondary N) is 1. The first-order valence-electron chi connectivity index (χ1n) is 7.72. The van der Waals surface area contributed by atoms with Crippen molar-refractivity contribution in [1.82, 2.24) is 5.32 Å². The molecule has 1 N–H and O–H groups in total. The van der Waals surface area contributed by atoms with Crippen LogP contribution < -0.4 is 19.5 Å². The zero-order valence-electron chi connectivity index (χ0n) is 12.6. The first kappa shape index (κ1) is 13.9. The fourth-order valence-corrected chi connectivity index (χ4v) is 2.85. The Labute approximate surface area is 134 Å². The predicted molar refractivity (Wildman–Crippen MR) is 84.0 cm³/mol. The molecule has 0 bridgehead atoms. The molecule has 2 aromatic rings. The molecule has 0 saturated heterocycles. The summed E-state index contributed by atoms with van der Waals surface area (Å²) in [6, 6.07) is 11.3. The maximum Gasteiger partial charge on any atom is 0.251 e. The third-order valence-electron chi connectivity index (χ3n) is 4.06. The summed E-state index contributed by atoms with van der Waals surface area (Å²) in [4.78, 5) is 12.3. The normalized spacial score (nSPS) is 14.8. The highest BCUT2D eigenvalue weighted by Crippen LogP contribution is 2.32. The van der Waals surface area contributed by atoms with E-state index in [4.69, 9.17) is 14.2 Å². The lowest BCUT2D eigenvalue weighted by atomic mass is 10.0. The van der Waals surface area contributed by atoms with Crippen molar-refractivity contribution < 1.29 is 19.0 Å². The van der Waals surface area contributed by atoms with Gasteiger partial charge < -0.3 is 19.5 Å². The summed E-state index contributed by atoms with van der Waals surface area (Å²) in [6.45, 7) is 1.48. The van der Waals surface area contributed by atoms with Crippen molar-refractivity contribution in [2.45, 2.75) is 19.4 Å². The zero-order chi connectivity index (χ0) is 15.6. The van der Waals surface area contributed by atoms with Crippen molar-refractivity contribution in [1.29, 1.82) is 0 Å². The van der Waals surface area contributed by atoms with Crippen LogP contribution in [0.25, 0.3) is 0 Å². The fraction of sp³-hybridized carbons (Fsp3) is 0.278. The van der Waals surface area contributed by atoms with Crippen molar-refractivity contribution in [3.8, 4) is 17.2 Å². The van der Waals surface area contributed by atoms with Gasteiger partial charge in [0.2, 0.25) is 6.79 Å². The number of carbonyl (C=O) groups excluding carboxylic acids is 1. The van der Waals surface area contributed by atoms with Crippen LogP contribution in [-0.4, -0.2) is 19.3 Å². The van der Waals surface area contributed by atoms with E-state index in [2.05, 4.69) is 11.4 Å². The molecule has 118 valence electrons. The second-order valence-corrected chi connectivity index (χ2v) is 5.64. The Bertz CT molecular complexity index is 757. The van der Waals surface area contributed by atoms with Crippen molar-refractivity contribution in [3.05, 3.63) is 53.1 Å². The molecular weight excluding hydrogens is 294 g/mol. The third kappa shape index (κ3) is 2.82. The molecule has 0 fully saturated rings. The summed E-state index contributed by atoms with van der Waals surface area (Å²) in [5, 5.41) is 2.94. The molecule has 0 atom stereocenters. The van der Waals surface area contributed by atoms with E-state index in [1.165, 1.54) is 5.56 Å². The molecule has 2 aliphatic heterocycles. The molecule has 5 heteroatoms. The molecule has 1 amide bonds. The number of carbonyl (C=O) groups is 1. The molecule has 5 nitrogen and oxygen atoms in total. The molecular formula is C18H17NO4. The molecule has 0 aliphatic carbocycles. The molecule has 2 aliphatic rings. The highest BCUT2D eigenvalue weighted by Gasteiger charge is 2.16. The average Bonchev–Trinajstić information content (AvgIpc) is 3.07. The van der Waals surface area contributed by atoms with Crippen LogP contribution in [-0.2, 0) is 13.0 Å². The van der Waals surface area contributed by atoms with Crippen LogP contribution >= 0.6 is 0 Å². The summed E-state index contributed by atoms with van der Waals surface area (Å²) in [7, 11) is 0. The van der Waals surface area contributed by atoms with Gasteiger partial charge in [-0.25, -0.2) is 0 Å². The molecule has 0 saturated carbocycles. The number of rotatable bonds is 3. The topological polar surface area (TPSA) is 56.8 Å². The van der Waals surface area contributed by atoms with Gasteiger partial charge >= 0.3 is 0 Å². The molecule has 0 radical (unpaired) electrons. The lowest BCUT2D eigenvalue weighted by molar-refractivity contribution is 0.0950. The Morgan fingerprint density at radius 1 is 1.00 bits per heavy atom. The van der Waals surface area contributed by atoms with Gasteiger partial charge in [-0.1, -0.05) is 12.1 Å². The largest absolute Gasteiger partial charge is 0.493 e. The minimum Gasteiger partial charge on any atom is -0.493 e. The third-order valence-corrected chi connectivity index (χ3v) is 4.06. The van der Waals surface area contributed by atoms with Gasteiger partial charge in [-0.2, -0.15) is 0 Å². The monoisotopic (exact) mass is 311 g/mol. The van der Waals surface area contributed by atoms with Crippen LogP contribution in [0.5, 0.6) is 17.2 Å². The average molecular weight is 311 g/mol. The Morgan fingerprint density at radius 3 is 2.83 bits per heavy atom. The lowest BCUT2D eigenvalue weighted by Gasteiger charge is -2.18. The van der Waals surface area contributed by atoms with E-state index in [0.717, 1.165) is 30.8 Å². The Balaban J connectivity index is 1.43. The fourth-order valence-electron chi connectivity index (χ4n) is 2.85. The predicted octanol–water partition coefficient (Wildman–Crippen LogP) is 2.67. The molecule has 2 aromatic carbocycles. The minimum atomic E-state index is -0.128. The number of aryl methyl sites for hydroxylation is 1. The number of benzene rings is 2. The molecule has 0 spiro atoms. The number of hydrogen-bond acceptors (Lipinski definition) is 4. The molecule has 23 heavy (non-hydrogen) atoms. The van der Waals surface area contributed by atoms with Crippen molar-refractivity contribution in [2.75, 3.05) is 13.4 Å². The molecule has 0 aromatic heterocycles. The van der Waals surface area contributed by atoms with Crippen LogP contribution in [0, 0.1) is 0 Å². The van der Waals surface area contributed by atoms with E-state index < -0.39 is 0 Å². The van der Waals surface area contributed by atoms with Crippen molar-refractivity contribution in [3.63, 3.8) is 0 Å². The van der Waals surface area contributed by atoms with Gasteiger partial charge in [0.1, 0.15) is 5.75 Å². The van der Waals surface area contributed by atoms with Crippen LogP contribution in [0.2, 0.25) is 0 Å². The second kappa shape index (κ2) is 5.83. The number of ether oxygens (including phenoxy) is 3. The van der Waals surface area contributed by atoms with Gasteiger partial charge in [0.05, 0.1) is 6.61 Å². The maximum absolute atomic E-state index is 12.3. The number of fused-ring (bicyclic) bond motifs is 2. The van der Waals surface area contributed by atoms with Crippen molar-refractivity contribution >= 4 is 5.91 Å². The summed E-state index contributed by atoms with van der Waals surface area (Å²) < 4.78 is 16.2. The van der Waals surface area contributed by atoms with E-state index in [-0.39, 0.29) is 12.7 Å². The number of amides is 1. The van der Waals surface area contributed by atoms with Crippen LogP contribution in [0.1, 0.15) is 27.9 Å². The Kier molecular flexibility index (Phi) is 3.54. The van der Waals surface area contributed by atoms with E-state index in [1.807, 2.05) is 12.1 Å². The molecule has 0 unspecified atom stereocenters. The summed E-state index contributed by atoms with van der Waals surface area (Å²) in [5.74, 6) is 2.12. The minimum absolute atomic E-state index is 0.128. The standard InChI is InChI=1S/C18H17NO4/c20-18(14-4-6-16-17(9-14)23-11-22-16)19-10-12-3-5-15-13(8-12)2-1-7-21-15/h3-6,8-9H,1-2,7,10-11H2,(H,19,20). The van der Waals surface area contributed by atoms with Gasteiger partial charge in [-0.15, -0.1) is 0 Å². The smallest absolute Gasteiger partial charge is 0.251 e. The first-order chi connectivity index (χ1) is 11.3. The van der Waals surface area contributed by atoms with Gasteiger partial charge in [0.15, 0.2) is 11.5 Å². The van der Waals surface area contributed by atoms with Crippen LogP contribution in [0.15, 0.2) is 36.4 Å². The highest BCUT2D eigenvalue weighted by molar-refractivity contribution is 5.94. The van der Waals surface area contributed by atoms with E-state index in [1.54, 1.807) is 18.2 Å². The van der Waals surface area contributed by atoms with E-state index >= 15 is 0 Å². The number of hydrogen-bond donors (Lipinski definition) is 1. The SMILES string of the molecule is O=C(NCc1ccc2c(c1)CCCO2)c1ccc2c(c1)OCO2. The lowest BCUT2D eigenvalue weighted by Crippen LogP contribution is -2.23. The zero-order valence-corrected chi connectivity index (χ0v) is 12.6. The van der Waals surface area contributed by atoms with E-state index in [0.29, 0.717) is 23.6 Å². The maximum atomic E-state index is 12.3. The van der Waals surface area contributed by atoms with Crippen LogP contribution in [0.3, 0.4) is 0 Å². The Hall–Kier alpha value is -2.69. The Morgan fingerprint density at radius 2 is 1.87 bits per heavy atom. The van der Waals surface area contributed by atoms with Gasteiger partial charge in [-0.05, 0) is 48.2 Å². The summed E-state index contributed by atoms with van der Waals surface area (Å²) >= 11 is 0. The first-order valence-corrected chi connectivity index (χ1v) is 7.72. The highest BCUT2D eigenvalue weighted by atomic mass is 16.7. The summed E-state index contributed by atoms with van der Waals surface area (Å²) in [5.41, 5.74) is 2.85. The van der Waals surface area contributed by atoms with Crippen LogP contribution in [0.4, 0.5) is 0 Å². The van der Waals surface area contributed by atoms with Gasteiger partial charge in [-0.3, -0.25) is 4.79 Å². The van der Waals surface area contributed by atoms with Crippen molar-refractivity contribution in [2.24, 2.45) is 0 Å². The quantitative estimate of drug-likeness (QED) is 0.947. The second-order valence-electron chi connectivity index (χ2n) is 5.64. The van der Waals surface area contributed by atoms with E-state index in [9.17, 15) is 4.79 Å².